The van der Waals surface area contributed by atoms with Crippen LogP contribution in [-0.4, -0.2) is 4.57 Å². The fourth-order valence-electron chi connectivity index (χ4n) is 11.9. The Bertz CT molecular complexity index is 1870. The quantitative estimate of drug-likeness (QED) is 0.215. The van der Waals surface area contributed by atoms with Crippen molar-refractivity contribution in [3.8, 4) is 0 Å². The summed E-state index contributed by atoms with van der Waals surface area (Å²) >= 11 is 0. The van der Waals surface area contributed by atoms with Gasteiger partial charge in [-0.25, -0.2) is 0 Å². The zero-order valence-corrected chi connectivity index (χ0v) is 23.3. The van der Waals surface area contributed by atoms with Crippen molar-refractivity contribution >= 4 is 21.8 Å². The maximum absolute atomic E-state index is 2.84. The lowest BCUT2D eigenvalue weighted by Crippen LogP contribution is -2.84. The summed E-state index contributed by atoms with van der Waals surface area (Å²) < 4.78 is 2.84. The van der Waals surface area contributed by atoms with E-state index in [9.17, 15) is 0 Å². The van der Waals surface area contributed by atoms with Crippen molar-refractivity contribution in [1.82, 2.24) is 4.57 Å². The van der Waals surface area contributed by atoms with Crippen LogP contribution in [0.5, 0.6) is 0 Å². The summed E-state index contributed by atoms with van der Waals surface area (Å²) in [6.07, 6.45) is 6.18. The van der Waals surface area contributed by atoms with Crippen LogP contribution in [0.1, 0.15) is 48.8 Å². The second kappa shape index (κ2) is 7.21. The number of fused-ring (bicyclic) bond motifs is 4. The Balaban J connectivity index is 1.32. The van der Waals surface area contributed by atoms with E-state index in [1.54, 1.807) is 16.7 Å². The summed E-state index contributed by atoms with van der Waals surface area (Å²) in [7, 11) is 0. The third-order valence-electron chi connectivity index (χ3n) is 12.5. The highest BCUT2D eigenvalue weighted by atomic mass is 15.2. The van der Waals surface area contributed by atoms with E-state index in [1.165, 1.54) is 53.9 Å². The minimum absolute atomic E-state index is 0.0570. The van der Waals surface area contributed by atoms with Gasteiger partial charge in [-0.3, -0.25) is 0 Å². The van der Waals surface area contributed by atoms with Crippen LogP contribution in [0.25, 0.3) is 21.8 Å². The summed E-state index contributed by atoms with van der Waals surface area (Å²) in [4.78, 5) is 0. The molecule has 1 heterocycles. The molecule has 10 rings (SSSR count). The van der Waals surface area contributed by atoms with E-state index in [4.69, 9.17) is 0 Å². The van der Waals surface area contributed by atoms with E-state index >= 15 is 0 Å². The van der Waals surface area contributed by atoms with Gasteiger partial charge in [0.2, 0.25) is 0 Å². The number of para-hydroxylation sites is 2. The van der Waals surface area contributed by atoms with Gasteiger partial charge in [-0.15, -0.1) is 0 Å². The van der Waals surface area contributed by atoms with Gasteiger partial charge >= 0.3 is 0 Å². The number of hydrogen-bond donors (Lipinski definition) is 0. The fraction of sp³-hybridized carbons (Fsp3) is 0.250. The van der Waals surface area contributed by atoms with Crippen molar-refractivity contribution in [2.75, 3.05) is 0 Å². The third kappa shape index (κ3) is 2.27. The number of benzene rings is 5. The highest BCUT2D eigenvalue weighted by molar-refractivity contribution is 6.08. The first-order chi connectivity index (χ1) is 20.2. The standard InChI is InChI=1S/C40H33N/c1-4-14-29(15-5-1)37-24-36(41-34-22-12-10-20-32(34)33-21-11-13-23-35(33)41)25-38(30-16-6-2-7-17-30)28-39(27-37,40(37,38)26-36)31-18-8-3-9-19-31/h1-23H,24-28H2. The van der Waals surface area contributed by atoms with Crippen LogP contribution in [0.3, 0.4) is 0 Å². The molecule has 4 aliphatic carbocycles. The van der Waals surface area contributed by atoms with Crippen LogP contribution in [-0.2, 0) is 21.8 Å². The lowest BCUT2D eigenvalue weighted by molar-refractivity contribution is -0.249. The SMILES string of the molecule is c1ccc(C23CC4(n5c6ccccc6c6ccccc65)CC5(c6ccccc6)CC(c6ccccc6)(C2)C35C4)cc1. The predicted octanol–water partition coefficient (Wildman–Crippen LogP) is 9.30. The zero-order chi connectivity index (χ0) is 26.9. The van der Waals surface area contributed by atoms with Gasteiger partial charge in [0, 0.05) is 49.0 Å². The molecule has 4 fully saturated rings. The Morgan fingerprint density at radius 3 is 1.17 bits per heavy atom. The predicted molar refractivity (Wildman–Crippen MR) is 167 cm³/mol. The molecule has 4 aliphatic rings. The van der Waals surface area contributed by atoms with Crippen molar-refractivity contribution in [2.45, 2.75) is 53.9 Å². The molecule has 1 aromatic heterocycles. The van der Waals surface area contributed by atoms with Crippen molar-refractivity contribution in [3.63, 3.8) is 0 Å². The van der Waals surface area contributed by atoms with Crippen LogP contribution in [0.4, 0.5) is 0 Å². The Kier molecular flexibility index (Phi) is 3.97. The Morgan fingerprint density at radius 2 is 0.732 bits per heavy atom. The third-order valence-corrected chi connectivity index (χ3v) is 12.5. The molecule has 41 heavy (non-hydrogen) atoms. The Hall–Kier alpha value is -4.10. The van der Waals surface area contributed by atoms with Crippen LogP contribution in [0.15, 0.2) is 140 Å². The summed E-state index contributed by atoms with van der Waals surface area (Å²) in [5.74, 6) is 0. The molecule has 6 aromatic rings. The molecule has 5 aromatic carbocycles. The smallest absolute Gasteiger partial charge is 0.0496 e. The first-order valence-electron chi connectivity index (χ1n) is 15.3. The number of hydrogen-bond acceptors (Lipinski definition) is 0. The highest BCUT2D eigenvalue weighted by Crippen LogP contribution is 2.97. The van der Waals surface area contributed by atoms with Gasteiger partial charge in [0.1, 0.15) is 0 Å². The largest absolute Gasteiger partial charge is 0.334 e. The second-order valence-corrected chi connectivity index (χ2v) is 13.7. The van der Waals surface area contributed by atoms with Gasteiger partial charge in [0.15, 0.2) is 0 Å². The Morgan fingerprint density at radius 1 is 0.366 bits per heavy atom. The topological polar surface area (TPSA) is 4.93 Å². The van der Waals surface area contributed by atoms with Gasteiger partial charge in [0.05, 0.1) is 0 Å². The van der Waals surface area contributed by atoms with Crippen LogP contribution in [0, 0.1) is 5.41 Å². The van der Waals surface area contributed by atoms with Gasteiger partial charge in [-0.05, 0) is 60.9 Å². The number of nitrogens with zero attached hydrogens (tertiary/aromatic N) is 1. The monoisotopic (exact) mass is 527 g/mol. The molecular weight excluding hydrogens is 494 g/mol. The van der Waals surface area contributed by atoms with Crippen molar-refractivity contribution < 1.29 is 0 Å². The summed E-state index contributed by atoms with van der Waals surface area (Å²) in [6.45, 7) is 0. The highest BCUT2D eigenvalue weighted by Gasteiger charge is 2.95. The van der Waals surface area contributed by atoms with E-state index in [0.717, 1.165) is 0 Å². The second-order valence-electron chi connectivity index (χ2n) is 13.7. The number of aromatic nitrogens is 1. The summed E-state index contributed by atoms with van der Waals surface area (Å²) in [6, 6.07) is 53.3. The van der Waals surface area contributed by atoms with Crippen LogP contribution < -0.4 is 0 Å². The van der Waals surface area contributed by atoms with Crippen LogP contribution in [0.2, 0.25) is 0 Å². The molecular formula is C40H33N. The molecule has 0 N–H and O–H groups in total. The summed E-state index contributed by atoms with van der Waals surface area (Å²) in [5, 5.41) is 2.79. The lowest BCUT2D eigenvalue weighted by atomic mass is 9.17. The van der Waals surface area contributed by atoms with Gasteiger partial charge in [-0.2, -0.15) is 0 Å². The maximum atomic E-state index is 2.84. The molecule has 2 unspecified atom stereocenters. The van der Waals surface area contributed by atoms with E-state index in [0.29, 0.717) is 0 Å². The molecule has 1 nitrogen and oxygen atoms in total. The first-order valence-corrected chi connectivity index (χ1v) is 15.3. The minimum atomic E-state index is 0.0570. The number of rotatable bonds is 4. The van der Waals surface area contributed by atoms with E-state index < -0.39 is 0 Å². The first kappa shape index (κ1) is 22.6. The molecule has 1 heteroatoms. The fourth-order valence-corrected chi connectivity index (χ4v) is 11.9. The lowest BCUT2D eigenvalue weighted by Gasteiger charge is -2.85. The van der Waals surface area contributed by atoms with Crippen molar-refractivity contribution in [1.29, 1.82) is 0 Å². The normalized spacial score (nSPS) is 34.3. The average Bonchev–Trinajstić information content (AvgIpc) is 3.62. The Labute approximate surface area is 241 Å². The van der Waals surface area contributed by atoms with Crippen molar-refractivity contribution in [2.24, 2.45) is 5.41 Å². The molecule has 0 radical (unpaired) electrons. The average molecular weight is 528 g/mol. The van der Waals surface area contributed by atoms with Crippen LogP contribution >= 0.6 is 0 Å². The molecule has 2 atom stereocenters. The van der Waals surface area contributed by atoms with Gasteiger partial charge < -0.3 is 4.57 Å². The molecule has 198 valence electrons. The zero-order valence-electron chi connectivity index (χ0n) is 23.3. The van der Waals surface area contributed by atoms with E-state index in [1.807, 2.05) is 0 Å². The molecule has 1 spiro atoms. The molecule has 2 bridgehead atoms. The van der Waals surface area contributed by atoms with Crippen molar-refractivity contribution in [3.05, 3.63) is 156 Å². The van der Waals surface area contributed by atoms with E-state index in [-0.39, 0.29) is 27.2 Å². The molecule has 0 saturated heterocycles. The summed E-state index contributed by atoms with van der Waals surface area (Å²) in [5.41, 5.74) is 8.28. The molecule has 0 aliphatic heterocycles. The molecule has 0 amide bonds. The van der Waals surface area contributed by atoms with Gasteiger partial charge in [0.25, 0.3) is 0 Å². The maximum Gasteiger partial charge on any atom is 0.0496 e. The van der Waals surface area contributed by atoms with E-state index in [2.05, 4.69) is 144 Å². The molecule has 4 saturated carbocycles. The van der Waals surface area contributed by atoms with Gasteiger partial charge in [-0.1, -0.05) is 127 Å². The minimum Gasteiger partial charge on any atom is -0.334 e.